The number of halogens is 2. The first kappa shape index (κ1) is 25.9. The number of carbonyl (C=O) groups excluding carboxylic acids is 1. The molecule has 1 heterocycles. The Bertz CT molecular complexity index is 1340. The number of carbonyl (C=O) groups is 1. The highest BCUT2D eigenvalue weighted by Gasteiger charge is 2.23. The molecule has 1 unspecified atom stereocenters. The van der Waals surface area contributed by atoms with Crippen molar-refractivity contribution in [3.63, 3.8) is 0 Å². The summed E-state index contributed by atoms with van der Waals surface area (Å²) in [5.41, 5.74) is 2.21. The summed E-state index contributed by atoms with van der Waals surface area (Å²) >= 11 is 14.2. The second-order valence-electron chi connectivity index (χ2n) is 7.84. The molecule has 36 heavy (non-hydrogen) atoms. The molecular formula is C26H24Cl2N4O3S. The third-order valence-electron chi connectivity index (χ3n) is 5.37. The molecule has 1 amide bonds. The fraction of sp³-hybridized carbons (Fsp3) is 0.192. The lowest BCUT2D eigenvalue weighted by atomic mass is 10.1. The van der Waals surface area contributed by atoms with Crippen molar-refractivity contribution >= 4 is 40.9 Å². The molecule has 0 saturated heterocycles. The largest absolute Gasteiger partial charge is 0.497 e. The van der Waals surface area contributed by atoms with Crippen molar-refractivity contribution in [3.8, 4) is 17.2 Å². The van der Waals surface area contributed by atoms with Crippen LogP contribution in [0.25, 0.3) is 5.69 Å². The number of methoxy groups -OCH3 is 2. The van der Waals surface area contributed by atoms with Crippen molar-refractivity contribution in [1.29, 1.82) is 0 Å². The lowest BCUT2D eigenvalue weighted by Crippen LogP contribution is -2.28. The third kappa shape index (κ3) is 5.95. The van der Waals surface area contributed by atoms with Crippen LogP contribution in [0.3, 0.4) is 0 Å². The van der Waals surface area contributed by atoms with Gasteiger partial charge in [0.05, 0.1) is 31.0 Å². The summed E-state index contributed by atoms with van der Waals surface area (Å²) in [6.45, 7) is 1.84. The topological polar surface area (TPSA) is 78.3 Å². The summed E-state index contributed by atoms with van der Waals surface area (Å²) in [5, 5.41) is 13.4. The predicted molar refractivity (Wildman–Crippen MR) is 143 cm³/mol. The number of rotatable bonds is 9. The molecule has 0 radical (unpaired) electrons. The van der Waals surface area contributed by atoms with Gasteiger partial charge < -0.3 is 14.8 Å². The van der Waals surface area contributed by atoms with Gasteiger partial charge in [-0.3, -0.25) is 9.36 Å². The molecule has 0 bridgehead atoms. The zero-order valence-electron chi connectivity index (χ0n) is 19.9. The SMILES string of the molecule is COc1cc(OC)cc(C(=O)NC(C)c2nnc(SCc3ccccc3)n2-c2ccc(Cl)cc2Cl)c1. The van der Waals surface area contributed by atoms with E-state index in [4.69, 9.17) is 32.7 Å². The fourth-order valence-corrected chi connectivity index (χ4v) is 4.95. The van der Waals surface area contributed by atoms with Crippen LogP contribution in [0, 0.1) is 0 Å². The van der Waals surface area contributed by atoms with E-state index in [1.165, 1.54) is 26.0 Å². The molecule has 186 valence electrons. The minimum atomic E-state index is -0.500. The number of hydrogen-bond acceptors (Lipinski definition) is 6. The van der Waals surface area contributed by atoms with E-state index < -0.39 is 6.04 Å². The number of ether oxygens (including phenoxy) is 2. The highest BCUT2D eigenvalue weighted by atomic mass is 35.5. The summed E-state index contributed by atoms with van der Waals surface area (Å²) in [4.78, 5) is 13.1. The van der Waals surface area contributed by atoms with Crippen molar-refractivity contribution in [2.45, 2.75) is 23.9 Å². The maximum Gasteiger partial charge on any atom is 0.252 e. The molecule has 0 fully saturated rings. The lowest BCUT2D eigenvalue weighted by molar-refractivity contribution is 0.0937. The summed E-state index contributed by atoms with van der Waals surface area (Å²) < 4.78 is 12.4. The number of thioether (sulfide) groups is 1. The first-order chi connectivity index (χ1) is 17.4. The van der Waals surface area contributed by atoms with E-state index in [0.29, 0.717) is 49.5 Å². The predicted octanol–water partition coefficient (Wildman–Crippen LogP) is 6.37. The van der Waals surface area contributed by atoms with Crippen molar-refractivity contribution < 1.29 is 14.3 Å². The fourth-order valence-electron chi connectivity index (χ4n) is 3.55. The Hall–Kier alpha value is -3.20. The van der Waals surface area contributed by atoms with Crippen molar-refractivity contribution in [1.82, 2.24) is 20.1 Å². The van der Waals surface area contributed by atoms with E-state index in [1.807, 2.05) is 35.8 Å². The number of amides is 1. The quantitative estimate of drug-likeness (QED) is 0.247. The second-order valence-corrected chi connectivity index (χ2v) is 9.63. The van der Waals surface area contributed by atoms with E-state index in [1.54, 1.807) is 30.3 Å². The number of aromatic nitrogens is 3. The van der Waals surface area contributed by atoms with Gasteiger partial charge in [-0.15, -0.1) is 10.2 Å². The van der Waals surface area contributed by atoms with Crippen LogP contribution in [0.2, 0.25) is 10.0 Å². The molecule has 1 aromatic heterocycles. The van der Waals surface area contributed by atoms with Crippen LogP contribution in [0.1, 0.15) is 34.7 Å². The van der Waals surface area contributed by atoms with E-state index >= 15 is 0 Å². The van der Waals surface area contributed by atoms with Crippen LogP contribution in [-0.4, -0.2) is 34.9 Å². The second kappa shape index (κ2) is 11.7. The van der Waals surface area contributed by atoms with Gasteiger partial charge in [0.2, 0.25) is 0 Å². The molecule has 0 aliphatic carbocycles. The molecule has 7 nitrogen and oxygen atoms in total. The maximum absolute atomic E-state index is 13.1. The van der Waals surface area contributed by atoms with Gasteiger partial charge in [-0.1, -0.05) is 65.3 Å². The Morgan fingerprint density at radius 1 is 1.00 bits per heavy atom. The van der Waals surface area contributed by atoms with Gasteiger partial charge in [0.1, 0.15) is 11.5 Å². The van der Waals surface area contributed by atoms with Crippen LogP contribution in [0.5, 0.6) is 11.5 Å². The normalized spacial score (nSPS) is 11.7. The Morgan fingerprint density at radius 2 is 1.69 bits per heavy atom. The van der Waals surface area contributed by atoms with E-state index in [9.17, 15) is 4.79 Å². The molecule has 3 aromatic carbocycles. The monoisotopic (exact) mass is 542 g/mol. The van der Waals surface area contributed by atoms with Gasteiger partial charge in [0.25, 0.3) is 5.91 Å². The molecule has 1 N–H and O–H groups in total. The Kier molecular flexibility index (Phi) is 8.40. The number of hydrogen-bond donors (Lipinski definition) is 1. The highest BCUT2D eigenvalue weighted by molar-refractivity contribution is 7.98. The Morgan fingerprint density at radius 3 is 2.33 bits per heavy atom. The maximum atomic E-state index is 13.1. The first-order valence-corrected chi connectivity index (χ1v) is 12.7. The van der Waals surface area contributed by atoms with Crippen LogP contribution in [0.4, 0.5) is 0 Å². The van der Waals surface area contributed by atoms with E-state index in [-0.39, 0.29) is 5.91 Å². The van der Waals surface area contributed by atoms with E-state index in [2.05, 4.69) is 27.6 Å². The van der Waals surface area contributed by atoms with Gasteiger partial charge in [-0.05, 0) is 42.8 Å². The molecule has 4 rings (SSSR count). The Balaban J connectivity index is 1.66. The minimum Gasteiger partial charge on any atom is -0.497 e. The molecule has 0 aliphatic rings. The Labute approximate surface area is 223 Å². The van der Waals surface area contributed by atoms with Crippen molar-refractivity contribution in [2.75, 3.05) is 14.2 Å². The van der Waals surface area contributed by atoms with Gasteiger partial charge in [-0.25, -0.2) is 0 Å². The minimum absolute atomic E-state index is 0.310. The number of benzene rings is 3. The standard InChI is InChI=1S/C26H24Cl2N4O3S/c1-16(29-25(33)18-11-20(34-2)14-21(12-18)35-3)24-30-31-26(36-15-17-7-5-4-6-8-17)32(24)23-10-9-19(27)13-22(23)28/h4-14,16H,15H2,1-3H3,(H,29,33). The average Bonchev–Trinajstić information content (AvgIpc) is 3.31. The molecule has 0 aliphatic heterocycles. The molecule has 1 atom stereocenters. The van der Waals surface area contributed by atoms with Gasteiger partial charge in [0, 0.05) is 22.4 Å². The molecule has 0 saturated carbocycles. The molecule has 4 aromatic rings. The smallest absolute Gasteiger partial charge is 0.252 e. The van der Waals surface area contributed by atoms with Gasteiger partial charge in [-0.2, -0.15) is 0 Å². The average molecular weight is 543 g/mol. The van der Waals surface area contributed by atoms with Crippen LogP contribution >= 0.6 is 35.0 Å². The summed E-state index contributed by atoms with van der Waals surface area (Å²) in [5.74, 6) is 1.94. The van der Waals surface area contributed by atoms with Crippen molar-refractivity contribution in [3.05, 3.63) is 93.7 Å². The van der Waals surface area contributed by atoms with E-state index in [0.717, 1.165) is 5.56 Å². The number of nitrogens with one attached hydrogen (secondary N) is 1. The van der Waals surface area contributed by atoms with Gasteiger partial charge >= 0.3 is 0 Å². The molecule has 0 spiro atoms. The van der Waals surface area contributed by atoms with Crippen LogP contribution in [-0.2, 0) is 5.75 Å². The van der Waals surface area contributed by atoms with Gasteiger partial charge in [0.15, 0.2) is 11.0 Å². The summed E-state index contributed by atoms with van der Waals surface area (Å²) in [6.07, 6.45) is 0. The molecular weight excluding hydrogens is 519 g/mol. The third-order valence-corrected chi connectivity index (χ3v) is 6.91. The molecule has 10 heteroatoms. The first-order valence-electron chi connectivity index (χ1n) is 11.0. The lowest BCUT2D eigenvalue weighted by Gasteiger charge is -2.18. The summed E-state index contributed by atoms with van der Waals surface area (Å²) in [7, 11) is 3.07. The zero-order chi connectivity index (χ0) is 25.7. The zero-order valence-corrected chi connectivity index (χ0v) is 22.2. The van der Waals surface area contributed by atoms with Crippen LogP contribution in [0.15, 0.2) is 71.9 Å². The summed E-state index contributed by atoms with van der Waals surface area (Å²) in [6, 6.07) is 19.8. The van der Waals surface area contributed by atoms with Crippen molar-refractivity contribution in [2.24, 2.45) is 0 Å². The van der Waals surface area contributed by atoms with Crippen LogP contribution < -0.4 is 14.8 Å². The number of nitrogens with zero attached hydrogens (tertiary/aromatic N) is 3. The highest BCUT2D eigenvalue weighted by Crippen LogP contribution is 2.32.